The third-order valence-electron chi connectivity index (χ3n) is 3.78. The lowest BCUT2D eigenvalue weighted by atomic mass is 10.1. The molecule has 8 heteroatoms. The van der Waals surface area contributed by atoms with Gasteiger partial charge in [-0.05, 0) is 23.8 Å². The third kappa shape index (κ3) is 3.11. The molecule has 0 atom stereocenters. The number of carbonyl (C=O) groups excluding carboxylic acids is 1. The topological polar surface area (TPSA) is 100.0 Å². The molecule has 1 aromatic carbocycles. The fraction of sp³-hybridized carbons (Fsp3) is 0.0588. The number of benzene rings is 1. The standard InChI is InChI=1S/C17H16N4O3S/c1-12(17(18)22)14-7-8-21(11-14)25(23,24)16-5-3-13(4-6-16)15-9-19-20(2)10-15/h3-11H,1H2,2H3,(H2,18,22). The van der Waals surface area contributed by atoms with E-state index in [-0.39, 0.29) is 10.5 Å². The summed E-state index contributed by atoms with van der Waals surface area (Å²) in [4.78, 5) is 11.3. The number of primary amides is 1. The van der Waals surface area contributed by atoms with Crippen molar-refractivity contribution in [2.75, 3.05) is 0 Å². The second-order valence-corrected chi connectivity index (χ2v) is 7.35. The summed E-state index contributed by atoms with van der Waals surface area (Å²) in [5.74, 6) is -0.698. The highest BCUT2D eigenvalue weighted by molar-refractivity contribution is 7.90. The zero-order chi connectivity index (χ0) is 18.2. The van der Waals surface area contributed by atoms with Crippen LogP contribution >= 0.6 is 0 Å². The van der Waals surface area contributed by atoms with E-state index in [2.05, 4.69) is 11.7 Å². The van der Waals surface area contributed by atoms with Crippen LogP contribution < -0.4 is 5.73 Å². The normalized spacial score (nSPS) is 11.4. The number of rotatable bonds is 5. The number of hydrogen-bond donors (Lipinski definition) is 1. The molecule has 0 saturated carbocycles. The Kier molecular flexibility index (Phi) is 4.05. The molecule has 0 aliphatic heterocycles. The lowest BCUT2D eigenvalue weighted by Gasteiger charge is -2.06. The van der Waals surface area contributed by atoms with Crippen molar-refractivity contribution in [2.45, 2.75) is 4.90 Å². The minimum Gasteiger partial charge on any atom is -0.366 e. The van der Waals surface area contributed by atoms with Crippen LogP contribution in [-0.2, 0) is 21.9 Å². The molecule has 0 radical (unpaired) electrons. The highest BCUT2D eigenvalue weighted by Gasteiger charge is 2.18. The zero-order valence-corrected chi connectivity index (χ0v) is 14.3. The van der Waals surface area contributed by atoms with Crippen LogP contribution in [0.1, 0.15) is 5.56 Å². The maximum atomic E-state index is 12.7. The Labute approximate surface area is 145 Å². The summed E-state index contributed by atoms with van der Waals surface area (Å²) in [6, 6.07) is 7.97. The lowest BCUT2D eigenvalue weighted by Crippen LogP contribution is -2.13. The van der Waals surface area contributed by atoms with Gasteiger partial charge in [0.25, 0.3) is 10.0 Å². The molecule has 3 rings (SSSR count). The first-order valence-electron chi connectivity index (χ1n) is 7.31. The average Bonchev–Trinajstić information content (AvgIpc) is 3.23. The predicted octanol–water partition coefficient (Wildman–Crippen LogP) is 1.62. The summed E-state index contributed by atoms with van der Waals surface area (Å²) in [6.45, 7) is 3.55. The van der Waals surface area contributed by atoms with Gasteiger partial charge < -0.3 is 5.73 Å². The van der Waals surface area contributed by atoms with E-state index >= 15 is 0 Å². The highest BCUT2D eigenvalue weighted by atomic mass is 32.2. The van der Waals surface area contributed by atoms with Crippen LogP contribution in [0.15, 0.2) is 66.6 Å². The van der Waals surface area contributed by atoms with Crippen molar-refractivity contribution < 1.29 is 13.2 Å². The molecular weight excluding hydrogens is 340 g/mol. The number of nitrogens with zero attached hydrogens (tertiary/aromatic N) is 3. The summed E-state index contributed by atoms with van der Waals surface area (Å²) >= 11 is 0. The first-order chi connectivity index (χ1) is 11.8. The van der Waals surface area contributed by atoms with Crippen molar-refractivity contribution in [3.05, 3.63) is 67.3 Å². The largest absolute Gasteiger partial charge is 0.366 e. The maximum absolute atomic E-state index is 12.7. The fourth-order valence-electron chi connectivity index (χ4n) is 2.36. The van der Waals surface area contributed by atoms with Gasteiger partial charge in [-0.25, -0.2) is 12.4 Å². The van der Waals surface area contributed by atoms with E-state index in [1.54, 1.807) is 23.0 Å². The Hall–Kier alpha value is -3.13. The maximum Gasteiger partial charge on any atom is 0.267 e. The number of carbonyl (C=O) groups is 1. The number of amides is 1. The van der Waals surface area contributed by atoms with Crippen LogP contribution in [0.3, 0.4) is 0 Å². The molecule has 2 heterocycles. The second-order valence-electron chi connectivity index (χ2n) is 5.50. The van der Waals surface area contributed by atoms with E-state index in [4.69, 9.17) is 5.73 Å². The predicted molar refractivity (Wildman–Crippen MR) is 93.9 cm³/mol. The van der Waals surface area contributed by atoms with Gasteiger partial charge in [-0.1, -0.05) is 18.7 Å². The number of hydrogen-bond acceptors (Lipinski definition) is 4. The van der Waals surface area contributed by atoms with E-state index in [0.717, 1.165) is 15.1 Å². The summed E-state index contributed by atoms with van der Waals surface area (Å²) in [5.41, 5.74) is 7.35. The summed E-state index contributed by atoms with van der Waals surface area (Å²) < 4.78 is 28.1. The van der Waals surface area contributed by atoms with Crippen molar-refractivity contribution in [2.24, 2.45) is 12.8 Å². The van der Waals surface area contributed by atoms with E-state index in [9.17, 15) is 13.2 Å². The molecule has 2 N–H and O–H groups in total. The average molecular weight is 356 g/mol. The smallest absolute Gasteiger partial charge is 0.267 e. The molecule has 2 aromatic heterocycles. The van der Waals surface area contributed by atoms with Gasteiger partial charge in [0.1, 0.15) is 0 Å². The SMILES string of the molecule is C=C(C(N)=O)c1ccn(S(=O)(=O)c2ccc(-c3cnn(C)c3)cc2)c1. The molecule has 1 amide bonds. The molecule has 0 spiro atoms. The van der Waals surface area contributed by atoms with Gasteiger partial charge in [-0.3, -0.25) is 9.48 Å². The zero-order valence-electron chi connectivity index (χ0n) is 13.5. The van der Waals surface area contributed by atoms with Crippen molar-refractivity contribution >= 4 is 21.5 Å². The Morgan fingerprint density at radius 3 is 2.36 bits per heavy atom. The van der Waals surface area contributed by atoms with Gasteiger partial charge in [0.2, 0.25) is 5.91 Å². The fourth-order valence-corrected chi connectivity index (χ4v) is 3.56. The van der Waals surface area contributed by atoms with Gasteiger partial charge in [0.15, 0.2) is 0 Å². The van der Waals surface area contributed by atoms with Crippen LogP contribution in [0.25, 0.3) is 16.7 Å². The Bertz CT molecular complexity index is 1060. The minimum absolute atomic E-state index is 0.0564. The molecule has 7 nitrogen and oxygen atoms in total. The summed E-state index contributed by atoms with van der Waals surface area (Å²) in [6.07, 6.45) is 6.22. The first kappa shape index (κ1) is 16.7. The number of aromatic nitrogens is 3. The second kappa shape index (κ2) is 6.06. The molecule has 0 bridgehead atoms. The number of nitrogens with two attached hydrogens (primary N) is 1. The van der Waals surface area contributed by atoms with E-state index < -0.39 is 15.9 Å². The number of aryl methyl sites for hydroxylation is 1. The summed E-state index contributed by atoms with van der Waals surface area (Å²) in [7, 11) is -1.96. The van der Waals surface area contributed by atoms with E-state index in [0.29, 0.717) is 5.56 Å². The molecule has 25 heavy (non-hydrogen) atoms. The van der Waals surface area contributed by atoms with Gasteiger partial charge in [-0.15, -0.1) is 0 Å². The van der Waals surface area contributed by atoms with Crippen molar-refractivity contribution in [3.63, 3.8) is 0 Å². The molecule has 0 fully saturated rings. The molecule has 0 saturated heterocycles. The molecule has 0 aliphatic carbocycles. The van der Waals surface area contributed by atoms with Crippen LogP contribution in [0, 0.1) is 0 Å². The molecule has 128 valence electrons. The third-order valence-corrected chi connectivity index (χ3v) is 5.43. The van der Waals surface area contributed by atoms with Crippen LogP contribution in [0.2, 0.25) is 0 Å². The Balaban J connectivity index is 1.92. The summed E-state index contributed by atoms with van der Waals surface area (Å²) in [5, 5.41) is 4.09. The quantitative estimate of drug-likeness (QED) is 0.702. The van der Waals surface area contributed by atoms with Crippen LogP contribution in [0.5, 0.6) is 0 Å². The van der Waals surface area contributed by atoms with Crippen molar-refractivity contribution in [3.8, 4) is 11.1 Å². The first-order valence-corrected chi connectivity index (χ1v) is 8.75. The van der Waals surface area contributed by atoms with Gasteiger partial charge >= 0.3 is 0 Å². The highest BCUT2D eigenvalue weighted by Crippen LogP contribution is 2.23. The lowest BCUT2D eigenvalue weighted by molar-refractivity contribution is -0.112. The van der Waals surface area contributed by atoms with Gasteiger partial charge in [0.05, 0.1) is 11.1 Å². The molecule has 0 aliphatic rings. The molecular formula is C17H16N4O3S. The van der Waals surface area contributed by atoms with E-state index in [1.165, 1.54) is 30.6 Å². The van der Waals surface area contributed by atoms with Crippen molar-refractivity contribution in [1.29, 1.82) is 0 Å². The van der Waals surface area contributed by atoms with Crippen molar-refractivity contribution in [1.82, 2.24) is 13.8 Å². The van der Waals surface area contributed by atoms with Crippen LogP contribution in [-0.4, -0.2) is 28.1 Å². The van der Waals surface area contributed by atoms with Gasteiger partial charge in [-0.2, -0.15) is 5.10 Å². The van der Waals surface area contributed by atoms with Gasteiger partial charge in [0, 0.05) is 42.3 Å². The Morgan fingerprint density at radius 2 is 1.80 bits per heavy atom. The molecule has 3 aromatic rings. The monoisotopic (exact) mass is 356 g/mol. The Morgan fingerprint density at radius 1 is 1.12 bits per heavy atom. The molecule has 0 unspecified atom stereocenters. The van der Waals surface area contributed by atoms with Crippen LogP contribution in [0.4, 0.5) is 0 Å². The van der Waals surface area contributed by atoms with E-state index in [1.807, 2.05) is 13.2 Å². The minimum atomic E-state index is -3.77.